The molecule has 2 rings (SSSR count). The molecule has 0 aliphatic heterocycles. The van der Waals surface area contributed by atoms with Crippen LogP contribution < -0.4 is 0 Å². The molecule has 0 radical (unpaired) electrons. The second kappa shape index (κ2) is 5.64. The van der Waals surface area contributed by atoms with E-state index < -0.39 is 0 Å². The molecule has 1 heterocycles. The van der Waals surface area contributed by atoms with Gasteiger partial charge in [0, 0.05) is 11.6 Å². The summed E-state index contributed by atoms with van der Waals surface area (Å²) in [5, 5.41) is 1.25. The van der Waals surface area contributed by atoms with Crippen molar-refractivity contribution in [2.75, 3.05) is 0 Å². The van der Waals surface area contributed by atoms with Gasteiger partial charge in [-0.1, -0.05) is 45.9 Å². The molecule has 0 spiro atoms. The first-order valence-corrected chi connectivity index (χ1v) is 6.04. The minimum atomic E-state index is 0.549. The number of fused-ring (bicyclic) bond motifs is 1. The summed E-state index contributed by atoms with van der Waals surface area (Å²) in [6, 6.07) is 8.55. The Morgan fingerprint density at radius 3 is 2.44 bits per heavy atom. The van der Waals surface area contributed by atoms with Gasteiger partial charge in [0.1, 0.15) is 0 Å². The molecule has 0 N–H and O–H groups in total. The van der Waals surface area contributed by atoms with Crippen molar-refractivity contribution in [2.45, 2.75) is 40.5 Å². The maximum absolute atomic E-state index is 4.50. The summed E-state index contributed by atoms with van der Waals surface area (Å²) in [7, 11) is 0. The predicted octanol–water partition coefficient (Wildman–Crippen LogP) is 4.69. The quantitative estimate of drug-likeness (QED) is 0.672. The third-order valence-electron chi connectivity index (χ3n) is 2.60. The smallest absolute Gasteiger partial charge is 0.0731 e. The monoisotopic (exact) mass is 215 g/mol. The van der Waals surface area contributed by atoms with Crippen LogP contribution in [0, 0.1) is 6.92 Å². The molecule has 1 aromatic carbocycles. The number of rotatable bonds is 1. The molecule has 16 heavy (non-hydrogen) atoms. The van der Waals surface area contributed by atoms with E-state index in [0.29, 0.717) is 5.92 Å². The van der Waals surface area contributed by atoms with Gasteiger partial charge in [0.2, 0.25) is 0 Å². The summed E-state index contributed by atoms with van der Waals surface area (Å²) in [4.78, 5) is 4.50. The Balaban J connectivity index is 0.000000606. The van der Waals surface area contributed by atoms with E-state index in [0.717, 1.165) is 5.52 Å². The predicted molar refractivity (Wildman–Crippen MR) is 71.9 cm³/mol. The molecule has 86 valence electrons. The van der Waals surface area contributed by atoms with Crippen LogP contribution in [0.25, 0.3) is 10.9 Å². The third-order valence-corrected chi connectivity index (χ3v) is 2.60. The highest BCUT2D eigenvalue weighted by molar-refractivity contribution is 5.82. The maximum atomic E-state index is 4.50. The summed E-state index contributed by atoms with van der Waals surface area (Å²) >= 11 is 0. The van der Waals surface area contributed by atoms with Crippen molar-refractivity contribution >= 4 is 10.9 Å². The second-order valence-corrected chi connectivity index (χ2v) is 4.07. The number of nitrogens with zero attached hydrogens (tertiary/aromatic N) is 1. The van der Waals surface area contributed by atoms with E-state index in [1.54, 1.807) is 0 Å². The van der Waals surface area contributed by atoms with E-state index in [9.17, 15) is 0 Å². The first kappa shape index (κ1) is 12.7. The number of aromatic nitrogens is 1. The molecule has 1 heteroatoms. The Bertz CT molecular complexity index is 458. The number of benzene rings is 1. The summed E-state index contributed by atoms with van der Waals surface area (Å²) in [6.07, 6.45) is 1.99. The lowest BCUT2D eigenvalue weighted by atomic mass is 10.0. The van der Waals surface area contributed by atoms with Crippen LogP contribution in [0.15, 0.2) is 30.5 Å². The zero-order chi connectivity index (χ0) is 12.1. The van der Waals surface area contributed by atoms with Crippen LogP contribution in [0.4, 0.5) is 0 Å². The second-order valence-electron chi connectivity index (χ2n) is 4.07. The minimum absolute atomic E-state index is 0.549. The fraction of sp³-hybridized carbons (Fsp3) is 0.400. The largest absolute Gasteiger partial charge is 0.256 e. The molecule has 0 amide bonds. The van der Waals surface area contributed by atoms with Gasteiger partial charge in [-0.2, -0.15) is 0 Å². The van der Waals surface area contributed by atoms with Crippen LogP contribution in [0.1, 0.15) is 44.7 Å². The fourth-order valence-corrected chi connectivity index (χ4v) is 1.65. The first-order valence-electron chi connectivity index (χ1n) is 6.04. The Hall–Kier alpha value is -1.37. The summed E-state index contributed by atoms with van der Waals surface area (Å²) < 4.78 is 0. The zero-order valence-electron chi connectivity index (χ0n) is 10.9. The fourth-order valence-electron chi connectivity index (χ4n) is 1.65. The summed E-state index contributed by atoms with van der Waals surface area (Å²) in [5.41, 5.74) is 3.68. The van der Waals surface area contributed by atoms with Gasteiger partial charge in [-0.05, 0) is 30.0 Å². The van der Waals surface area contributed by atoms with E-state index in [-0.39, 0.29) is 0 Å². The number of hydrogen-bond donors (Lipinski definition) is 0. The zero-order valence-corrected chi connectivity index (χ0v) is 10.9. The highest BCUT2D eigenvalue weighted by atomic mass is 14.7. The van der Waals surface area contributed by atoms with Crippen LogP contribution in [0.5, 0.6) is 0 Å². The normalized spacial score (nSPS) is 10.1. The molecule has 0 saturated carbocycles. The van der Waals surface area contributed by atoms with Crippen LogP contribution >= 0.6 is 0 Å². The van der Waals surface area contributed by atoms with Crippen molar-refractivity contribution in [1.29, 1.82) is 0 Å². The van der Waals surface area contributed by atoms with Gasteiger partial charge in [-0.15, -0.1) is 0 Å². The van der Waals surface area contributed by atoms with Crippen molar-refractivity contribution < 1.29 is 0 Å². The van der Waals surface area contributed by atoms with Gasteiger partial charge >= 0.3 is 0 Å². The van der Waals surface area contributed by atoms with Crippen molar-refractivity contribution in [3.05, 3.63) is 41.6 Å². The molecule has 1 aromatic heterocycles. The SMILES string of the molecule is CC.Cc1cccc2cc(C(C)C)cnc12. The average Bonchev–Trinajstić information content (AvgIpc) is 2.31. The molecular formula is C15H21N. The van der Waals surface area contributed by atoms with E-state index in [1.165, 1.54) is 16.5 Å². The van der Waals surface area contributed by atoms with E-state index in [1.807, 2.05) is 20.0 Å². The standard InChI is InChI=1S/C13H15N.C2H6/c1-9(2)12-7-11-6-4-5-10(3)13(11)14-8-12;1-2/h4-9H,1-3H3;1-2H3. The number of pyridine rings is 1. The van der Waals surface area contributed by atoms with Crippen LogP contribution in [-0.4, -0.2) is 4.98 Å². The molecule has 2 aromatic rings. The molecule has 0 aliphatic carbocycles. The van der Waals surface area contributed by atoms with Crippen molar-refractivity contribution in [3.8, 4) is 0 Å². The number of aryl methyl sites for hydroxylation is 1. The molecule has 0 saturated heterocycles. The lowest BCUT2D eigenvalue weighted by molar-refractivity contribution is 0.862. The Morgan fingerprint density at radius 1 is 1.12 bits per heavy atom. The Kier molecular flexibility index (Phi) is 4.48. The molecule has 1 nitrogen and oxygen atoms in total. The van der Waals surface area contributed by atoms with Gasteiger partial charge in [-0.3, -0.25) is 4.98 Å². The number of hydrogen-bond acceptors (Lipinski definition) is 1. The Labute approximate surface area is 98.5 Å². The van der Waals surface area contributed by atoms with E-state index >= 15 is 0 Å². The van der Waals surface area contributed by atoms with E-state index in [4.69, 9.17) is 0 Å². The van der Waals surface area contributed by atoms with Crippen LogP contribution in [0.3, 0.4) is 0 Å². The number of para-hydroxylation sites is 1. The van der Waals surface area contributed by atoms with Crippen LogP contribution in [-0.2, 0) is 0 Å². The molecule has 0 bridgehead atoms. The molecule has 0 atom stereocenters. The van der Waals surface area contributed by atoms with Gasteiger partial charge in [0.15, 0.2) is 0 Å². The van der Waals surface area contributed by atoms with Gasteiger partial charge in [-0.25, -0.2) is 0 Å². The maximum Gasteiger partial charge on any atom is 0.0731 e. The van der Waals surface area contributed by atoms with Gasteiger partial charge < -0.3 is 0 Å². The molecule has 0 aliphatic rings. The topological polar surface area (TPSA) is 12.9 Å². The minimum Gasteiger partial charge on any atom is -0.256 e. The third kappa shape index (κ3) is 2.60. The van der Waals surface area contributed by atoms with Crippen molar-refractivity contribution in [1.82, 2.24) is 4.98 Å². The van der Waals surface area contributed by atoms with Crippen LogP contribution in [0.2, 0.25) is 0 Å². The lowest BCUT2D eigenvalue weighted by Crippen LogP contribution is -1.90. The van der Waals surface area contributed by atoms with Gasteiger partial charge in [0.05, 0.1) is 5.52 Å². The van der Waals surface area contributed by atoms with Crippen molar-refractivity contribution in [2.24, 2.45) is 0 Å². The Morgan fingerprint density at radius 2 is 1.81 bits per heavy atom. The molecule has 0 unspecified atom stereocenters. The van der Waals surface area contributed by atoms with E-state index in [2.05, 4.69) is 50.0 Å². The molecule has 0 fully saturated rings. The van der Waals surface area contributed by atoms with Gasteiger partial charge in [0.25, 0.3) is 0 Å². The van der Waals surface area contributed by atoms with Crippen molar-refractivity contribution in [3.63, 3.8) is 0 Å². The summed E-state index contributed by atoms with van der Waals surface area (Å²) in [5.74, 6) is 0.549. The first-order chi connectivity index (χ1) is 7.68. The lowest BCUT2D eigenvalue weighted by Gasteiger charge is -2.07. The highest BCUT2D eigenvalue weighted by Gasteiger charge is 2.02. The average molecular weight is 215 g/mol. The highest BCUT2D eigenvalue weighted by Crippen LogP contribution is 2.20. The summed E-state index contributed by atoms with van der Waals surface area (Å²) in [6.45, 7) is 10.5. The molecular weight excluding hydrogens is 194 g/mol.